The number of carbonyl (C=O) groups excluding carboxylic acids is 1. The average Bonchev–Trinajstić information content (AvgIpc) is 3.33. The molecule has 1 aliphatic rings. The van der Waals surface area contributed by atoms with Gasteiger partial charge in [0, 0.05) is 24.6 Å². The lowest BCUT2D eigenvalue weighted by atomic mass is 10.1. The Bertz CT molecular complexity index is 716. The Hall–Kier alpha value is -2.14. The Morgan fingerprint density at radius 1 is 1.43 bits per heavy atom. The highest BCUT2D eigenvalue weighted by Gasteiger charge is 2.28. The van der Waals surface area contributed by atoms with Crippen molar-refractivity contribution in [2.75, 3.05) is 11.9 Å². The summed E-state index contributed by atoms with van der Waals surface area (Å²) in [5, 5.41) is 2.92. The van der Waals surface area contributed by atoms with Crippen LogP contribution in [0.2, 0.25) is 0 Å². The van der Waals surface area contributed by atoms with Gasteiger partial charge in [-0.25, -0.2) is 4.98 Å². The Morgan fingerprint density at radius 2 is 2.22 bits per heavy atom. The topological polar surface area (TPSA) is 72.9 Å². The van der Waals surface area contributed by atoms with E-state index < -0.39 is 0 Å². The minimum absolute atomic E-state index is 0.0894. The second-order valence-electron chi connectivity index (χ2n) is 6.30. The van der Waals surface area contributed by atoms with Crippen LogP contribution in [0.4, 0.5) is 5.82 Å². The number of amides is 1. The molecule has 0 unspecified atom stereocenters. The zero-order chi connectivity index (χ0) is 16.4. The molecule has 3 rings (SSSR count). The van der Waals surface area contributed by atoms with E-state index in [9.17, 15) is 4.79 Å². The molecule has 0 bridgehead atoms. The third kappa shape index (κ3) is 3.45. The smallest absolute Gasteiger partial charge is 0.258 e. The average molecular weight is 312 g/mol. The van der Waals surface area contributed by atoms with Gasteiger partial charge in [-0.2, -0.15) is 0 Å². The highest BCUT2D eigenvalue weighted by atomic mass is 16.1. The van der Waals surface area contributed by atoms with Crippen LogP contribution in [0.5, 0.6) is 0 Å². The van der Waals surface area contributed by atoms with Gasteiger partial charge in [0.05, 0.1) is 5.56 Å². The molecule has 1 amide bonds. The first-order valence-electron chi connectivity index (χ1n) is 8.22. The molecule has 3 N–H and O–H groups in total. The first-order valence-corrected chi connectivity index (χ1v) is 8.22. The maximum absolute atomic E-state index is 12.6. The lowest BCUT2D eigenvalue weighted by Gasteiger charge is -2.07. The molecular weight excluding hydrogens is 288 g/mol. The number of anilines is 1. The normalized spacial score (nSPS) is 14.0. The molecule has 0 aromatic carbocycles. The van der Waals surface area contributed by atoms with Crippen molar-refractivity contribution >= 4 is 11.7 Å². The Kier molecular flexibility index (Phi) is 4.48. The van der Waals surface area contributed by atoms with Gasteiger partial charge in [0.1, 0.15) is 5.82 Å². The first-order chi connectivity index (χ1) is 11.1. The Labute approximate surface area is 136 Å². The molecule has 23 heavy (non-hydrogen) atoms. The number of hydrogen-bond donors (Lipinski definition) is 2. The van der Waals surface area contributed by atoms with Crippen molar-refractivity contribution < 1.29 is 4.79 Å². The van der Waals surface area contributed by atoms with E-state index in [-0.39, 0.29) is 5.91 Å². The molecule has 5 heteroatoms. The van der Waals surface area contributed by atoms with Crippen LogP contribution in [0, 0.1) is 6.92 Å². The molecule has 0 atom stereocenters. The number of aromatic nitrogens is 2. The highest BCUT2D eigenvalue weighted by Crippen LogP contribution is 2.41. The van der Waals surface area contributed by atoms with Gasteiger partial charge in [0.2, 0.25) is 0 Å². The lowest BCUT2D eigenvalue weighted by Crippen LogP contribution is -2.14. The van der Waals surface area contributed by atoms with Crippen molar-refractivity contribution in [1.29, 1.82) is 0 Å². The van der Waals surface area contributed by atoms with Gasteiger partial charge >= 0.3 is 0 Å². The summed E-state index contributed by atoms with van der Waals surface area (Å²) in [6.07, 6.45) is 6.01. The van der Waals surface area contributed by atoms with E-state index in [4.69, 9.17) is 5.73 Å². The van der Waals surface area contributed by atoms with E-state index in [2.05, 4.69) is 14.9 Å². The van der Waals surface area contributed by atoms with Crippen LogP contribution < -0.4 is 11.1 Å². The summed E-state index contributed by atoms with van der Waals surface area (Å²) in [6.45, 7) is 2.66. The van der Waals surface area contributed by atoms with E-state index >= 15 is 0 Å². The zero-order valence-corrected chi connectivity index (χ0v) is 13.8. The van der Waals surface area contributed by atoms with Crippen molar-refractivity contribution in [1.82, 2.24) is 9.55 Å². The molecular formula is C18H24N4O. The van der Waals surface area contributed by atoms with Crippen LogP contribution in [0.3, 0.4) is 0 Å². The van der Waals surface area contributed by atoms with Crippen LogP contribution in [0.1, 0.15) is 52.5 Å². The predicted molar refractivity (Wildman–Crippen MR) is 91.7 cm³/mol. The summed E-state index contributed by atoms with van der Waals surface area (Å²) >= 11 is 0. The number of nitrogens with one attached hydrogen (secondary N) is 1. The molecule has 0 spiro atoms. The van der Waals surface area contributed by atoms with Crippen molar-refractivity contribution in [3.8, 4) is 0 Å². The molecule has 0 aliphatic heterocycles. The molecule has 2 aromatic heterocycles. The van der Waals surface area contributed by atoms with Crippen LogP contribution in [-0.4, -0.2) is 22.0 Å². The van der Waals surface area contributed by atoms with Crippen molar-refractivity contribution in [3.63, 3.8) is 0 Å². The largest absolute Gasteiger partial charge is 0.351 e. The van der Waals surface area contributed by atoms with Gasteiger partial charge in [-0.05, 0) is 68.8 Å². The van der Waals surface area contributed by atoms with E-state index in [0.29, 0.717) is 18.3 Å². The number of nitrogens with zero attached hydrogens (tertiary/aromatic N) is 2. The fraction of sp³-hybridized carbons (Fsp3) is 0.444. The molecule has 1 aliphatic carbocycles. The third-order valence-corrected chi connectivity index (χ3v) is 4.55. The van der Waals surface area contributed by atoms with Gasteiger partial charge in [-0.3, -0.25) is 4.79 Å². The number of pyridine rings is 1. The summed E-state index contributed by atoms with van der Waals surface area (Å²) in [6, 6.07) is 5.92. The van der Waals surface area contributed by atoms with Crippen molar-refractivity contribution in [3.05, 3.63) is 46.9 Å². The molecule has 1 fully saturated rings. The molecule has 0 saturated heterocycles. The predicted octanol–water partition coefficient (Wildman–Crippen LogP) is 2.75. The monoisotopic (exact) mass is 312 g/mol. The van der Waals surface area contributed by atoms with Gasteiger partial charge in [-0.1, -0.05) is 0 Å². The SMILES string of the molecule is Cc1c(C(=O)Nc2cc(CCCN)ccn2)cc(C2CC2)n1C. The Balaban J connectivity index is 1.75. The van der Waals surface area contributed by atoms with Gasteiger partial charge in [0.25, 0.3) is 5.91 Å². The minimum Gasteiger partial charge on any atom is -0.351 e. The maximum Gasteiger partial charge on any atom is 0.258 e. The molecule has 2 heterocycles. The van der Waals surface area contributed by atoms with Gasteiger partial charge in [0.15, 0.2) is 0 Å². The van der Waals surface area contributed by atoms with E-state index in [1.165, 1.54) is 18.5 Å². The standard InChI is InChI=1S/C18H24N4O/c1-12-15(11-16(22(12)2)14-5-6-14)18(23)21-17-10-13(4-3-8-19)7-9-20-17/h7,9-11,14H,3-6,8,19H2,1-2H3,(H,20,21,23). The second kappa shape index (κ2) is 6.54. The molecule has 0 radical (unpaired) electrons. The van der Waals surface area contributed by atoms with Gasteiger partial charge < -0.3 is 15.6 Å². The van der Waals surface area contributed by atoms with Gasteiger partial charge in [-0.15, -0.1) is 0 Å². The Morgan fingerprint density at radius 3 is 2.91 bits per heavy atom. The third-order valence-electron chi connectivity index (χ3n) is 4.55. The van der Waals surface area contributed by atoms with E-state index in [1.807, 2.05) is 32.2 Å². The summed E-state index contributed by atoms with van der Waals surface area (Å²) in [5.74, 6) is 1.13. The van der Waals surface area contributed by atoms with Crippen LogP contribution in [0.25, 0.3) is 0 Å². The second-order valence-corrected chi connectivity index (χ2v) is 6.30. The number of aryl methyl sites for hydroxylation is 1. The number of carbonyl (C=O) groups is 1. The van der Waals surface area contributed by atoms with E-state index in [0.717, 1.165) is 29.7 Å². The minimum atomic E-state index is -0.0894. The van der Waals surface area contributed by atoms with Crippen LogP contribution in [0.15, 0.2) is 24.4 Å². The highest BCUT2D eigenvalue weighted by molar-refractivity contribution is 6.04. The summed E-state index contributed by atoms with van der Waals surface area (Å²) in [7, 11) is 2.03. The maximum atomic E-state index is 12.6. The fourth-order valence-corrected chi connectivity index (χ4v) is 2.91. The zero-order valence-electron chi connectivity index (χ0n) is 13.8. The number of hydrogen-bond acceptors (Lipinski definition) is 3. The summed E-state index contributed by atoms with van der Waals surface area (Å²) < 4.78 is 2.14. The van der Waals surface area contributed by atoms with E-state index in [1.54, 1.807) is 6.20 Å². The fourth-order valence-electron chi connectivity index (χ4n) is 2.91. The van der Waals surface area contributed by atoms with Crippen LogP contribution >= 0.6 is 0 Å². The summed E-state index contributed by atoms with van der Waals surface area (Å²) in [4.78, 5) is 16.8. The first kappa shape index (κ1) is 15.7. The number of rotatable bonds is 6. The lowest BCUT2D eigenvalue weighted by molar-refractivity contribution is 0.102. The van der Waals surface area contributed by atoms with Crippen molar-refractivity contribution in [2.24, 2.45) is 12.8 Å². The molecule has 122 valence electrons. The molecule has 1 saturated carbocycles. The van der Waals surface area contributed by atoms with Crippen LogP contribution in [-0.2, 0) is 13.5 Å². The van der Waals surface area contributed by atoms with Crippen molar-refractivity contribution in [2.45, 2.75) is 38.5 Å². The quantitative estimate of drug-likeness (QED) is 0.861. The molecule has 2 aromatic rings. The molecule has 5 nitrogen and oxygen atoms in total. The number of nitrogens with two attached hydrogens (primary N) is 1. The summed E-state index contributed by atoms with van der Waals surface area (Å²) in [5.41, 5.74) is 9.69.